The lowest BCUT2D eigenvalue weighted by Crippen LogP contribution is -2.52. The van der Waals surface area contributed by atoms with Crippen LogP contribution < -0.4 is 9.64 Å². The summed E-state index contributed by atoms with van der Waals surface area (Å²) in [4.78, 5) is 47.8. The van der Waals surface area contributed by atoms with Crippen LogP contribution in [-0.2, 0) is 17.9 Å². The Labute approximate surface area is 246 Å². The largest absolute Gasteiger partial charge is 0.497 e. The molecule has 0 atom stereocenters. The zero-order chi connectivity index (χ0) is 29.0. The summed E-state index contributed by atoms with van der Waals surface area (Å²) in [5.74, 6) is 1.09. The zero-order valence-corrected chi connectivity index (χ0v) is 24.5. The fraction of sp³-hybridized carbons (Fsp3) is 0.441. The average molecular weight is 567 g/mol. The van der Waals surface area contributed by atoms with Gasteiger partial charge < -0.3 is 24.3 Å². The maximum atomic E-state index is 13.6. The summed E-state index contributed by atoms with van der Waals surface area (Å²) >= 11 is 0. The number of rotatable bonds is 7. The molecule has 3 aliphatic heterocycles. The van der Waals surface area contributed by atoms with Crippen LogP contribution in [0.4, 0.5) is 10.5 Å². The molecular formula is C34H38N4O4. The highest BCUT2D eigenvalue weighted by Gasteiger charge is 2.44. The van der Waals surface area contributed by atoms with E-state index in [1.54, 1.807) is 7.11 Å². The van der Waals surface area contributed by atoms with Crippen LogP contribution in [0.3, 0.4) is 0 Å². The summed E-state index contributed by atoms with van der Waals surface area (Å²) in [6.45, 7) is 5.96. The number of amides is 4. The second kappa shape index (κ2) is 10.3. The molecule has 8 nitrogen and oxygen atoms in total. The molecule has 0 bridgehead atoms. The Bertz CT molecular complexity index is 1560. The minimum absolute atomic E-state index is 0.00289. The Hall–Kier alpha value is -4.07. The average Bonchev–Trinajstić information content (AvgIpc) is 3.50. The van der Waals surface area contributed by atoms with Gasteiger partial charge in [-0.1, -0.05) is 43.7 Å². The van der Waals surface area contributed by atoms with E-state index in [9.17, 15) is 14.4 Å². The molecule has 0 N–H and O–H groups in total. The number of carbonyl (C=O) groups is 3. The minimum Gasteiger partial charge on any atom is -0.497 e. The molecule has 7 rings (SSSR count). The number of hydrogen-bond donors (Lipinski definition) is 0. The first-order chi connectivity index (χ1) is 20.4. The molecule has 42 heavy (non-hydrogen) atoms. The highest BCUT2D eigenvalue weighted by Crippen LogP contribution is 2.43. The van der Waals surface area contributed by atoms with E-state index in [0.29, 0.717) is 37.6 Å². The van der Waals surface area contributed by atoms with Gasteiger partial charge in [-0.2, -0.15) is 0 Å². The quantitative estimate of drug-likeness (QED) is 0.383. The molecular weight excluding hydrogens is 528 g/mol. The Balaban J connectivity index is 1.04. The van der Waals surface area contributed by atoms with E-state index >= 15 is 0 Å². The van der Waals surface area contributed by atoms with Crippen molar-refractivity contribution in [2.45, 2.75) is 58.2 Å². The van der Waals surface area contributed by atoms with Crippen LogP contribution in [0.1, 0.15) is 60.5 Å². The number of urea groups is 1. The second-order valence-electron chi connectivity index (χ2n) is 12.5. The summed E-state index contributed by atoms with van der Waals surface area (Å²) in [6, 6.07) is 18.1. The van der Waals surface area contributed by atoms with Gasteiger partial charge in [-0.05, 0) is 66.5 Å². The van der Waals surface area contributed by atoms with Crippen LogP contribution in [0, 0.1) is 5.41 Å². The van der Waals surface area contributed by atoms with Gasteiger partial charge in [0.2, 0.25) is 5.91 Å². The van der Waals surface area contributed by atoms with Crippen molar-refractivity contribution in [2.24, 2.45) is 5.41 Å². The number of hydrogen-bond acceptors (Lipinski definition) is 4. The number of benzene rings is 3. The van der Waals surface area contributed by atoms with E-state index in [1.165, 1.54) is 0 Å². The van der Waals surface area contributed by atoms with Crippen molar-refractivity contribution < 1.29 is 19.1 Å². The number of likely N-dealkylation sites (tertiary alicyclic amines) is 1. The lowest BCUT2D eigenvalue weighted by molar-refractivity contribution is -0.147. The SMILES string of the molecule is COc1ccc(CN2C(=O)c3cccc4c(CN5CCN(C6CCN(C(=O)C7(C)CCC7)CC6)C5=O)ccc2c34)cc1. The Morgan fingerprint density at radius 3 is 2.38 bits per heavy atom. The Kier molecular flexibility index (Phi) is 6.59. The molecule has 3 heterocycles. The van der Waals surface area contributed by atoms with Gasteiger partial charge in [0, 0.05) is 55.1 Å². The van der Waals surface area contributed by atoms with Crippen molar-refractivity contribution in [1.82, 2.24) is 14.7 Å². The van der Waals surface area contributed by atoms with Gasteiger partial charge >= 0.3 is 6.03 Å². The van der Waals surface area contributed by atoms with Crippen LogP contribution in [0.15, 0.2) is 54.6 Å². The van der Waals surface area contributed by atoms with E-state index < -0.39 is 0 Å². The molecule has 4 aliphatic rings. The number of piperidine rings is 1. The monoisotopic (exact) mass is 566 g/mol. The molecule has 3 aromatic rings. The summed E-state index contributed by atoms with van der Waals surface area (Å²) < 4.78 is 5.28. The molecule has 0 aromatic heterocycles. The van der Waals surface area contributed by atoms with Crippen LogP contribution >= 0.6 is 0 Å². The Morgan fingerprint density at radius 2 is 1.69 bits per heavy atom. The van der Waals surface area contributed by atoms with E-state index in [4.69, 9.17) is 4.74 Å². The molecule has 0 radical (unpaired) electrons. The smallest absolute Gasteiger partial charge is 0.320 e. The molecule has 1 aliphatic carbocycles. The highest BCUT2D eigenvalue weighted by molar-refractivity contribution is 6.25. The van der Waals surface area contributed by atoms with Gasteiger partial charge in [0.1, 0.15) is 5.75 Å². The van der Waals surface area contributed by atoms with Gasteiger partial charge in [0.05, 0.1) is 19.3 Å². The summed E-state index contributed by atoms with van der Waals surface area (Å²) in [5.41, 5.74) is 3.55. The van der Waals surface area contributed by atoms with E-state index in [2.05, 4.69) is 19.1 Å². The van der Waals surface area contributed by atoms with Crippen LogP contribution in [0.25, 0.3) is 10.8 Å². The third kappa shape index (κ3) is 4.39. The van der Waals surface area contributed by atoms with Crippen LogP contribution in [0.2, 0.25) is 0 Å². The fourth-order valence-corrected chi connectivity index (χ4v) is 7.29. The lowest BCUT2D eigenvalue weighted by atomic mass is 9.69. The minimum atomic E-state index is -0.163. The lowest BCUT2D eigenvalue weighted by Gasteiger charge is -2.44. The molecule has 218 valence electrons. The first-order valence-corrected chi connectivity index (χ1v) is 15.2. The molecule has 0 unspecified atom stereocenters. The van der Waals surface area contributed by atoms with Crippen molar-refractivity contribution in [1.29, 1.82) is 0 Å². The molecule has 3 fully saturated rings. The standard InChI is InChI=1S/C34H38N4O4/c1-34(15-4-16-34)32(40)35-17-13-25(14-18-35)37-20-19-36(33(37)41)22-24-9-12-29-30-27(24)5-3-6-28(30)31(39)38(29)21-23-7-10-26(42-2)11-8-23/h3,5-12,25H,4,13-22H2,1-2H3. The number of anilines is 1. The predicted octanol–water partition coefficient (Wildman–Crippen LogP) is 5.43. The molecule has 3 aromatic carbocycles. The fourth-order valence-electron chi connectivity index (χ4n) is 7.29. The second-order valence-corrected chi connectivity index (χ2v) is 12.5. The van der Waals surface area contributed by atoms with Crippen LogP contribution in [0.5, 0.6) is 5.75 Å². The first-order valence-electron chi connectivity index (χ1n) is 15.2. The van der Waals surface area contributed by atoms with Crippen molar-refractivity contribution in [3.63, 3.8) is 0 Å². The van der Waals surface area contributed by atoms with Crippen LogP contribution in [-0.4, -0.2) is 71.9 Å². The number of carbonyl (C=O) groups excluding carboxylic acids is 3. The van der Waals surface area contributed by atoms with Gasteiger partial charge in [-0.3, -0.25) is 9.59 Å². The molecule has 4 amide bonds. The molecule has 2 saturated heterocycles. The third-order valence-corrected chi connectivity index (χ3v) is 10.0. The normalized spacial score (nSPS) is 20.0. The zero-order valence-electron chi connectivity index (χ0n) is 24.5. The number of nitrogens with zero attached hydrogens (tertiary/aromatic N) is 4. The van der Waals surface area contributed by atoms with E-state index in [1.807, 2.05) is 62.1 Å². The first kappa shape index (κ1) is 26.8. The summed E-state index contributed by atoms with van der Waals surface area (Å²) in [7, 11) is 1.64. The molecule has 1 saturated carbocycles. The third-order valence-electron chi connectivity index (χ3n) is 10.0. The van der Waals surface area contributed by atoms with Gasteiger partial charge in [0.25, 0.3) is 5.91 Å². The summed E-state index contributed by atoms with van der Waals surface area (Å²) in [5, 5.41) is 1.99. The van der Waals surface area contributed by atoms with Gasteiger partial charge in [-0.25, -0.2) is 4.79 Å². The number of methoxy groups -OCH3 is 1. The summed E-state index contributed by atoms with van der Waals surface area (Å²) in [6.07, 6.45) is 4.83. The maximum absolute atomic E-state index is 13.6. The highest BCUT2D eigenvalue weighted by atomic mass is 16.5. The number of ether oxygens (including phenoxy) is 1. The van der Waals surface area contributed by atoms with E-state index in [0.717, 1.165) is 78.5 Å². The van der Waals surface area contributed by atoms with Crippen molar-refractivity contribution in [3.05, 3.63) is 71.3 Å². The van der Waals surface area contributed by atoms with E-state index in [-0.39, 0.29) is 23.4 Å². The van der Waals surface area contributed by atoms with Crippen molar-refractivity contribution >= 4 is 34.3 Å². The van der Waals surface area contributed by atoms with Gasteiger partial charge in [0.15, 0.2) is 0 Å². The maximum Gasteiger partial charge on any atom is 0.320 e. The van der Waals surface area contributed by atoms with Crippen molar-refractivity contribution in [3.8, 4) is 5.75 Å². The topological polar surface area (TPSA) is 73.4 Å². The molecule has 0 spiro atoms. The Morgan fingerprint density at radius 1 is 0.929 bits per heavy atom. The van der Waals surface area contributed by atoms with Crippen molar-refractivity contribution in [2.75, 3.05) is 38.2 Å². The predicted molar refractivity (Wildman–Crippen MR) is 162 cm³/mol. The molecule has 8 heteroatoms. The van der Waals surface area contributed by atoms with Gasteiger partial charge in [-0.15, -0.1) is 0 Å².